The van der Waals surface area contributed by atoms with Crippen molar-refractivity contribution >= 4 is 11.7 Å². The summed E-state index contributed by atoms with van der Waals surface area (Å²) in [6.45, 7) is 1.87. The second kappa shape index (κ2) is 3.89. The van der Waals surface area contributed by atoms with Crippen LogP contribution in [-0.4, -0.2) is 18.1 Å². The molecule has 0 saturated carbocycles. The Morgan fingerprint density at radius 2 is 2.38 bits per heavy atom. The van der Waals surface area contributed by atoms with Gasteiger partial charge in [-0.2, -0.15) is 0 Å². The van der Waals surface area contributed by atoms with Crippen molar-refractivity contribution in [3.63, 3.8) is 0 Å². The van der Waals surface area contributed by atoms with Crippen LogP contribution in [0.5, 0.6) is 0 Å². The van der Waals surface area contributed by atoms with Gasteiger partial charge in [-0.15, -0.1) is 0 Å². The van der Waals surface area contributed by atoms with E-state index in [2.05, 4.69) is 9.72 Å². The topological polar surface area (TPSA) is 65.2 Å². The van der Waals surface area contributed by atoms with Gasteiger partial charge in [0.25, 0.3) is 0 Å². The van der Waals surface area contributed by atoms with Crippen LogP contribution in [0.1, 0.15) is 11.3 Å². The summed E-state index contributed by atoms with van der Waals surface area (Å²) in [6, 6.07) is 1.80. The van der Waals surface area contributed by atoms with Gasteiger partial charge in [-0.3, -0.25) is 9.78 Å². The van der Waals surface area contributed by atoms with Gasteiger partial charge < -0.3 is 10.5 Å². The second-order valence-corrected chi connectivity index (χ2v) is 2.74. The largest absolute Gasteiger partial charge is 0.469 e. The number of aromatic nitrogens is 1. The zero-order valence-electron chi connectivity index (χ0n) is 7.70. The number of nitrogen functional groups attached to an aromatic ring is 1. The SMILES string of the molecule is COC(=O)Cc1nccc(C)c1N. The molecule has 0 spiro atoms. The zero-order chi connectivity index (χ0) is 9.84. The quantitative estimate of drug-likeness (QED) is 0.680. The summed E-state index contributed by atoms with van der Waals surface area (Å²) in [5.41, 5.74) is 7.78. The van der Waals surface area contributed by atoms with E-state index in [0.29, 0.717) is 11.4 Å². The highest BCUT2D eigenvalue weighted by atomic mass is 16.5. The molecule has 0 aromatic carbocycles. The van der Waals surface area contributed by atoms with Gasteiger partial charge in [-0.05, 0) is 18.6 Å². The molecule has 1 rings (SSSR count). The minimum Gasteiger partial charge on any atom is -0.469 e. The highest BCUT2D eigenvalue weighted by molar-refractivity contribution is 5.74. The third-order valence-corrected chi connectivity index (χ3v) is 1.83. The Kier molecular flexibility index (Phi) is 2.84. The summed E-state index contributed by atoms with van der Waals surface area (Å²) in [5.74, 6) is -0.329. The summed E-state index contributed by atoms with van der Waals surface area (Å²) in [5, 5.41) is 0. The van der Waals surface area contributed by atoms with E-state index in [-0.39, 0.29) is 12.4 Å². The van der Waals surface area contributed by atoms with Crippen LogP contribution in [0.3, 0.4) is 0 Å². The Bertz CT molecular complexity index is 323. The molecule has 0 atom stereocenters. The zero-order valence-corrected chi connectivity index (χ0v) is 7.70. The van der Waals surface area contributed by atoms with Gasteiger partial charge in [-0.25, -0.2) is 0 Å². The van der Waals surface area contributed by atoms with Crippen LogP contribution in [-0.2, 0) is 16.0 Å². The fourth-order valence-corrected chi connectivity index (χ4v) is 0.976. The summed E-state index contributed by atoms with van der Waals surface area (Å²) in [7, 11) is 1.34. The number of anilines is 1. The molecule has 1 heterocycles. The summed E-state index contributed by atoms with van der Waals surface area (Å²) in [4.78, 5) is 14.9. The normalized spacial score (nSPS) is 9.69. The number of hydrogen-bond donors (Lipinski definition) is 1. The van der Waals surface area contributed by atoms with E-state index in [1.54, 1.807) is 12.3 Å². The first kappa shape index (κ1) is 9.51. The molecule has 0 aliphatic carbocycles. The van der Waals surface area contributed by atoms with Crippen molar-refractivity contribution in [1.29, 1.82) is 0 Å². The minimum atomic E-state index is -0.329. The maximum atomic E-state index is 10.9. The lowest BCUT2D eigenvalue weighted by atomic mass is 10.1. The highest BCUT2D eigenvalue weighted by Crippen LogP contribution is 2.14. The van der Waals surface area contributed by atoms with Crippen LogP contribution in [0.2, 0.25) is 0 Å². The van der Waals surface area contributed by atoms with E-state index in [9.17, 15) is 4.79 Å². The number of carbonyl (C=O) groups is 1. The van der Waals surface area contributed by atoms with Crippen LogP contribution in [0, 0.1) is 6.92 Å². The molecule has 4 heteroatoms. The van der Waals surface area contributed by atoms with E-state index in [4.69, 9.17) is 5.73 Å². The first-order valence-electron chi connectivity index (χ1n) is 3.92. The Hall–Kier alpha value is -1.58. The number of nitrogens with two attached hydrogens (primary N) is 1. The summed E-state index contributed by atoms with van der Waals surface area (Å²) >= 11 is 0. The van der Waals surface area contributed by atoms with E-state index >= 15 is 0 Å². The van der Waals surface area contributed by atoms with Crippen molar-refractivity contribution in [2.24, 2.45) is 0 Å². The third kappa shape index (κ3) is 2.18. The van der Waals surface area contributed by atoms with Crippen LogP contribution in [0.15, 0.2) is 12.3 Å². The van der Waals surface area contributed by atoms with Gasteiger partial charge in [0.05, 0.1) is 24.9 Å². The van der Waals surface area contributed by atoms with Crippen molar-refractivity contribution in [2.75, 3.05) is 12.8 Å². The lowest BCUT2D eigenvalue weighted by Gasteiger charge is -2.05. The molecule has 0 radical (unpaired) electrons. The van der Waals surface area contributed by atoms with E-state index in [1.807, 2.05) is 6.92 Å². The average molecular weight is 180 g/mol. The number of ether oxygens (including phenoxy) is 1. The highest BCUT2D eigenvalue weighted by Gasteiger charge is 2.08. The van der Waals surface area contributed by atoms with E-state index in [1.165, 1.54) is 7.11 Å². The van der Waals surface area contributed by atoms with Crippen LogP contribution in [0.25, 0.3) is 0 Å². The summed E-state index contributed by atoms with van der Waals surface area (Å²) in [6.07, 6.45) is 1.76. The van der Waals surface area contributed by atoms with Gasteiger partial charge >= 0.3 is 5.97 Å². The lowest BCUT2D eigenvalue weighted by molar-refractivity contribution is -0.139. The standard InChI is InChI=1S/C9H12N2O2/c1-6-3-4-11-7(9(6)10)5-8(12)13-2/h3-4H,5,10H2,1-2H3. The molecular formula is C9H12N2O2. The molecule has 0 aliphatic heterocycles. The minimum absolute atomic E-state index is 0.129. The van der Waals surface area contributed by atoms with Gasteiger partial charge in [-0.1, -0.05) is 0 Å². The van der Waals surface area contributed by atoms with Gasteiger partial charge in [0.15, 0.2) is 0 Å². The van der Waals surface area contributed by atoms with Crippen molar-refractivity contribution in [1.82, 2.24) is 4.98 Å². The molecule has 0 fully saturated rings. The molecule has 1 aromatic heterocycles. The molecule has 4 nitrogen and oxygen atoms in total. The number of nitrogens with zero attached hydrogens (tertiary/aromatic N) is 1. The number of pyridine rings is 1. The van der Waals surface area contributed by atoms with Crippen molar-refractivity contribution in [2.45, 2.75) is 13.3 Å². The molecule has 2 N–H and O–H groups in total. The van der Waals surface area contributed by atoms with Crippen molar-refractivity contribution in [3.8, 4) is 0 Å². The molecule has 0 unspecified atom stereocenters. The Balaban J connectivity index is 2.89. The predicted molar refractivity (Wildman–Crippen MR) is 49.1 cm³/mol. The Labute approximate surface area is 76.7 Å². The molecule has 70 valence electrons. The van der Waals surface area contributed by atoms with Gasteiger partial charge in [0.1, 0.15) is 0 Å². The summed E-state index contributed by atoms with van der Waals surface area (Å²) < 4.78 is 4.51. The van der Waals surface area contributed by atoms with Crippen LogP contribution in [0.4, 0.5) is 5.69 Å². The number of aryl methyl sites for hydroxylation is 1. The Morgan fingerprint density at radius 3 is 3.00 bits per heavy atom. The maximum Gasteiger partial charge on any atom is 0.311 e. The van der Waals surface area contributed by atoms with Gasteiger partial charge in [0, 0.05) is 6.20 Å². The van der Waals surface area contributed by atoms with Crippen LogP contribution < -0.4 is 5.73 Å². The third-order valence-electron chi connectivity index (χ3n) is 1.83. The molecule has 1 aromatic rings. The Morgan fingerprint density at radius 1 is 1.69 bits per heavy atom. The fraction of sp³-hybridized carbons (Fsp3) is 0.333. The number of rotatable bonds is 2. The molecular weight excluding hydrogens is 168 g/mol. The molecule has 0 saturated heterocycles. The smallest absolute Gasteiger partial charge is 0.311 e. The van der Waals surface area contributed by atoms with Crippen molar-refractivity contribution in [3.05, 3.63) is 23.5 Å². The number of esters is 1. The molecule has 0 bridgehead atoms. The monoisotopic (exact) mass is 180 g/mol. The lowest BCUT2D eigenvalue weighted by Crippen LogP contribution is -2.09. The molecule has 13 heavy (non-hydrogen) atoms. The molecule has 0 amide bonds. The predicted octanol–water partition coefficient (Wildman–Crippen LogP) is 0.688. The van der Waals surface area contributed by atoms with E-state index in [0.717, 1.165) is 5.56 Å². The first-order chi connectivity index (χ1) is 6.15. The maximum absolute atomic E-state index is 10.9. The van der Waals surface area contributed by atoms with Crippen molar-refractivity contribution < 1.29 is 9.53 Å². The van der Waals surface area contributed by atoms with Gasteiger partial charge in [0.2, 0.25) is 0 Å². The second-order valence-electron chi connectivity index (χ2n) is 2.74. The fourth-order valence-electron chi connectivity index (χ4n) is 0.976. The number of methoxy groups -OCH3 is 1. The first-order valence-corrected chi connectivity index (χ1v) is 3.92. The number of hydrogen-bond acceptors (Lipinski definition) is 4. The number of carbonyl (C=O) groups excluding carboxylic acids is 1. The average Bonchev–Trinajstić information content (AvgIpc) is 2.13. The molecule has 0 aliphatic rings. The van der Waals surface area contributed by atoms with E-state index < -0.39 is 0 Å². The van der Waals surface area contributed by atoms with Crippen LogP contribution >= 0.6 is 0 Å².